The fourth-order valence-corrected chi connectivity index (χ4v) is 1.43. The van der Waals surface area contributed by atoms with Gasteiger partial charge in [0.05, 0.1) is 6.61 Å². The van der Waals surface area contributed by atoms with E-state index in [1.807, 2.05) is 13.8 Å². The molecule has 0 aliphatic heterocycles. The standard InChI is InChI=1S/C12H24N2O4/c1-5-10(11(15)16)14(4)12(17)13-6-7-18-8-9(2)3/h9-10H,5-8H2,1-4H3,(H,13,17)(H,15,16). The molecule has 0 aromatic rings. The van der Waals surface area contributed by atoms with Gasteiger partial charge in [0.2, 0.25) is 0 Å². The van der Waals surface area contributed by atoms with Gasteiger partial charge in [-0.25, -0.2) is 9.59 Å². The predicted octanol–water partition coefficient (Wildman–Crippen LogP) is 1.16. The summed E-state index contributed by atoms with van der Waals surface area (Å²) < 4.78 is 5.31. The number of amides is 2. The Hall–Kier alpha value is -1.30. The first kappa shape index (κ1) is 16.7. The van der Waals surface area contributed by atoms with E-state index >= 15 is 0 Å². The molecule has 1 unspecified atom stereocenters. The van der Waals surface area contributed by atoms with Crippen LogP contribution in [0.25, 0.3) is 0 Å². The van der Waals surface area contributed by atoms with Crippen LogP contribution in [0.5, 0.6) is 0 Å². The zero-order valence-electron chi connectivity index (χ0n) is 11.6. The minimum absolute atomic E-state index is 0.378. The topological polar surface area (TPSA) is 78.9 Å². The lowest BCUT2D eigenvalue weighted by Crippen LogP contribution is -2.47. The van der Waals surface area contributed by atoms with Gasteiger partial charge >= 0.3 is 12.0 Å². The Kier molecular flexibility index (Phi) is 8.11. The maximum atomic E-state index is 11.6. The minimum atomic E-state index is -0.994. The number of likely N-dealkylation sites (N-methyl/N-ethyl adjacent to an activating group) is 1. The van der Waals surface area contributed by atoms with Gasteiger partial charge in [0, 0.05) is 20.2 Å². The van der Waals surface area contributed by atoms with E-state index in [0.29, 0.717) is 32.1 Å². The highest BCUT2D eigenvalue weighted by atomic mass is 16.5. The molecule has 0 heterocycles. The van der Waals surface area contributed by atoms with Gasteiger partial charge in [0.1, 0.15) is 6.04 Å². The first-order chi connectivity index (χ1) is 8.40. The van der Waals surface area contributed by atoms with Crippen LogP contribution in [-0.4, -0.2) is 54.9 Å². The molecule has 106 valence electrons. The SMILES string of the molecule is CCC(C(=O)O)N(C)C(=O)NCCOCC(C)C. The van der Waals surface area contributed by atoms with E-state index < -0.39 is 18.0 Å². The van der Waals surface area contributed by atoms with Crippen LogP contribution in [0.2, 0.25) is 0 Å². The summed E-state index contributed by atoms with van der Waals surface area (Å²) in [5, 5.41) is 11.5. The molecule has 0 aromatic heterocycles. The first-order valence-electron chi connectivity index (χ1n) is 6.21. The monoisotopic (exact) mass is 260 g/mol. The van der Waals surface area contributed by atoms with Gasteiger partial charge in [0.15, 0.2) is 0 Å². The number of nitrogens with zero attached hydrogens (tertiary/aromatic N) is 1. The van der Waals surface area contributed by atoms with Crippen molar-refractivity contribution in [2.24, 2.45) is 5.92 Å². The molecule has 0 rings (SSSR count). The fourth-order valence-electron chi connectivity index (χ4n) is 1.43. The molecule has 1 atom stereocenters. The van der Waals surface area contributed by atoms with Gasteiger partial charge in [-0.1, -0.05) is 20.8 Å². The lowest BCUT2D eigenvalue weighted by atomic mass is 10.2. The normalized spacial score (nSPS) is 12.3. The second-order valence-electron chi connectivity index (χ2n) is 4.57. The van der Waals surface area contributed by atoms with Crippen molar-refractivity contribution < 1.29 is 19.4 Å². The Labute approximate surface area is 108 Å². The van der Waals surface area contributed by atoms with Crippen LogP contribution >= 0.6 is 0 Å². The number of hydrogen-bond donors (Lipinski definition) is 2. The summed E-state index contributed by atoms with van der Waals surface area (Å²) in [6.45, 7) is 7.29. The Morgan fingerprint density at radius 1 is 1.39 bits per heavy atom. The highest BCUT2D eigenvalue weighted by Crippen LogP contribution is 2.01. The van der Waals surface area contributed by atoms with E-state index in [1.54, 1.807) is 6.92 Å². The number of hydrogen-bond acceptors (Lipinski definition) is 3. The Morgan fingerprint density at radius 2 is 2.00 bits per heavy atom. The van der Waals surface area contributed by atoms with Gasteiger partial charge < -0.3 is 20.1 Å². The van der Waals surface area contributed by atoms with Crippen LogP contribution in [0.3, 0.4) is 0 Å². The number of rotatable bonds is 8. The van der Waals surface area contributed by atoms with Crippen molar-refractivity contribution in [2.75, 3.05) is 26.8 Å². The average molecular weight is 260 g/mol. The van der Waals surface area contributed by atoms with E-state index in [0.717, 1.165) is 0 Å². The number of urea groups is 1. The first-order valence-corrected chi connectivity index (χ1v) is 6.21. The third kappa shape index (κ3) is 6.44. The van der Waals surface area contributed by atoms with Gasteiger partial charge in [-0.2, -0.15) is 0 Å². The Bertz CT molecular complexity index is 269. The van der Waals surface area contributed by atoms with Crippen molar-refractivity contribution in [3.63, 3.8) is 0 Å². The van der Waals surface area contributed by atoms with E-state index in [1.165, 1.54) is 11.9 Å². The van der Waals surface area contributed by atoms with Gasteiger partial charge in [0.25, 0.3) is 0 Å². The Morgan fingerprint density at radius 3 is 2.44 bits per heavy atom. The van der Waals surface area contributed by atoms with E-state index in [-0.39, 0.29) is 0 Å². The highest BCUT2D eigenvalue weighted by molar-refractivity contribution is 5.82. The van der Waals surface area contributed by atoms with Crippen molar-refractivity contribution in [3.8, 4) is 0 Å². The molecule has 0 spiro atoms. The molecule has 18 heavy (non-hydrogen) atoms. The molecule has 2 N–H and O–H groups in total. The van der Waals surface area contributed by atoms with Crippen LogP contribution in [0, 0.1) is 5.92 Å². The van der Waals surface area contributed by atoms with Crippen molar-refractivity contribution in [1.82, 2.24) is 10.2 Å². The molecule has 0 aliphatic rings. The molecule has 6 heteroatoms. The number of ether oxygens (including phenoxy) is 1. The van der Waals surface area contributed by atoms with Crippen LogP contribution in [0.15, 0.2) is 0 Å². The molecule has 0 bridgehead atoms. The van der Waals surface area contributed by atoms with Crippen molar-refractivity contribution in [3.05, 3.63) is 0 Å². The molecule has 0 fully saturated rings. The molecule has 0 saturated carbocycles. The molecular formula is C12H24N2O4. The zero-order chi connectivity index (χ0) is 14.1. The van der Waals surface area contributed by atoms with Crippen LogP contribution in [0.1, 0.15) is 27.2 Å². The molecule has 0 saturated heterocycles. The van der Waals surface area contributed by atoms with Crippen LogP contribution in [0.4, 0.5) is 4.79 Å². The minimum Gasteiger partial charge on any atom is -0.480 e. The maximum Gasteiger partial charge on any atom is 0.326 e. The van der Waals surface area contributed by atoms with Crippen molar-refractivity contribution in [2.45, 2.75) is 33.2 Å². The number of carbonyl (C=O) groups is 2. The maximum absolute atomic E-state index is 11.6. The summed E-state index contributed by atoms with van der Waals surface area (Å²) in [4.78, 5) is 23.7. The third-order valence-electron chi connectivity index (χ3n) is 2.43. The predicted molar refractivity (Wildman–Crippen MR) is 68.5 cm³/mol. The highest BCUT2D eigenvalue weighted by Gasteiger charge is 2.24. The van der Waals surface area contributed by atoms with Crippen molar-refractivity contribution in [1.29, 1.82) is 0 Å². The number of aliphatic carboxylic acids is 1. The summed E-state index contributed by atoms with van der Waals surface area (Å²) in [6, 6.07) is -1.18. The van der Waals surface area contributed by atoms with Crippen molar-refractivity contribution >= 4 is 12.0 Å². The van der Waals surface area contributed by atoms with Gasteiger partial charge in [-0.05, 0) is 12.3 Å². The van der Waals surface area contributed by atoms with Crippen LogP contribution in [-0.2, 0) is 9.53 Å². The second-order valence-corrected chi connectivity index (χ2v) is 4.57. The summed E-state index contributed by atoms with van der Waals surface area (Å²) in [6.07, 6.45) is 0.378. The number of carboxylic acids is 1. The summed E-state index contributed by atoms with van der Waals surface area (Å²) in [5.41, 5.74) is 0. The number of carboxylic acid groups (broad SMARTS) is 1. The lowest BCUT2D eigenvalue weighted by Gasteiger charge is -2.24. The Balaban J connectivity index is 3.90. The summed E-state index contributed by atoms with van der Waals surface area (Å²) in [5.74, 6) is -0.536. The molecule has 6 nitrogen and oxygen atoms in total. The third-order valence-corrected chi connectivity index (χ3v) is 2.43. The second kappa shape index (κ2) is 8.74. The van der Waals surface area contributed by atoms with Crippen LogP contribution < -0.4 is 5.32 Å². The van der Waals surface area contributed by atoms with Gasteiger partial charge in [-0.3, -0.25) is 0 Å². The van der Waals surface area contributed by atoms with E-state index in [9.17, 15) is 9.59 Å². The lowest BCUT2D eigenvalue weighted by molar-refractivity contribution is -0.141. The van der Waals surface area contributed by atoms with E-state index in [4.69, 9.17) is 9.84 Å². The quantitative estimate of drug-likeness (QED) is 0.642. The molecule has 0 aromatic carbocycles. The largest absolute Gasteiger partial charge is 0.480 e. The van der Waals surface area contributed by atoms with Gasteiger partial charge in [-0.15, -0.1) is 0 Å². The molecule has 2 amide bonds. The fraction of sp³-hybridized carbons (Fsp3) is 0.833. The molecular weight excluding hydrogens is 236 g/mol. The summed E-state index contributed by atoms with van der Waals surface area (Å²) >= 11 is 0. The summed E-state index contributed by atoms with van der Waals surface area (Å²) in [7, 11) is 1.48. The average Bonchev–Trinajstić information content (AvgIpc) is 2.28. The number of nitrogens with one attached hydrogen (secondary N) is 1. The van der Waals surface area contributed by atoms with E-state index in [2.05, 4.69) is 5.32 Å². The molecule has 0 aliphatic carbocycles. The number of carbonyl (C=O) groups excluding carboxylic acids is 1. The smallest absolute Gasteiger partial charge is 0.326 e. The molecule has 0 radical (unpaired) electrons. The zero-order valence-corrected chi connectivity index (χ0v) is 11.6.